The van der Waals surface area contributed by atoms with Gasteiger partial charge in [-0.2, -0.15) is 0 Å². The summed E-state index contributed by atoms with van der Waals surface area (Å²) in [5.41, 5.74) is 7.10. The standard InChI is InChI=1S/C14H7N/c1-2-3-4-5-6-7-8-13-9-11-14(15)12-10-13/h1,9-12H,15H2. The van der Waals surface area contributed by atoms with Gasteiger partial charge in [-0.1, -0.05) is 5.92 Å². The van der Waals surface area contributed by atoms with Crippen molar-refractivity contribution in [2.75, 3.05) is 5.73 Å². The van der Waals surface area contributed by atoms with Gasteiger partial charge in [0.05, 0.1) is 0 Å². The highest BCUT2D eigenvalue weighted by molar-refractivity contribution is 5.47. The minimum atomic E-state index is 0.714. The minimum Gasteiger partial charge on any atom is -0.399 e. The SMILES string of the molecule is C#CC#CC#CC#Cc1ccc(N)cc1. The summed E-state index contributed by atoms with van der Waals surface area (Å²) in [7, 11) is 0. The Morgan fingerprint density at radius 3 is 2.13 bits per heavy atom. The van der Waals surface area contributed by atoms with Crippen LogP contribution in [0.15, 0.2) is 24.3 Å². The largest absolute Gasteiger partial charge is 0.399 e. The molecule has 0 aliphatic carbocycles. The lowest BCUT2D eigenvalue weighted by molar-refractivity contribution is 1.64. The maximum atomic E-state index is 5.52. The van der Waals surface area contributed by atoms with Gasteiger partial charge in [0.15, 0.2) is 0 Å². The van der Waals surface area contributed by atoms with E-state index in [1.165, 1.54) is 0 Å². The number of benzene rings is 1. The Morgan fingerprint density at radius 1 is 0.867 bits per heavy atom. The van der Waals surface area contributed by atoms with Crippen molar-refractivity contribution < 1.29 is 0 Å². The molecule has 1 nitrogen and oxygen atoms in total. The number of anilines is 1. The molecule has 2 N–H and O–H groups in total. The van der Waals surface area contributed by atoms with Crippen molar-refractivity contribution in [3.8, 4) is 47.9 Å². The Kier molecular flexibility index (Phi) is 4.02. The zero-order valence-electron chi connectivity index (χ0n) is 7.96. The van der Waals surface area contributed by atoms with Crippen molar-refractivity contribution >= 4 is 5.69 Å². The molecule has 1 rings (SSSR count). The molecule has 0 unspecified atom stereocenters. The first kappa shape index (κ1) is 10.3. The van der Waals surface area contributed by atoms with E-state index >= 15 is 0 Å². The third-order valence-corrected chi connectivity index (χ3v) is 1.44. The van der Waals surface area contributed by atoms with Gasteiger partial charge in [0.1, 0.15) is 0 Å². The second-order valence-electron chi connectivity index (χ2n) is 2.52. The first-order chi connectivity index (χ1) is 7.33. The highest BCUT2D eigenvalue weighted by Gasteiger charge is 1.84. The lowest BCUT2D eigenvalue weighted by Crippen LogP contribution is -1.82. The summed E-state index contributed by atoms with van der Waals surface area (Å²) in [5, 5.41) is 0. The second kappa shape index (κ2) is 5.83. The molecule has 0 heterocycles. The molecule has 0 aliphatic rings. The number of terminal acetylenes is 1. The van der Waals surface area contributed by atoms with Crippen LogP contribution in [0.5, 0.6) is 0 Å². The van der Waals surface area contributed by atoms with Crippen LogP contribution in [0.4, 0.5) is 5.69 Å². The molecule has 15 heavy (non-hydrogen) atoms. The van der Waals surface area contributed by atoms with Gasteiger partial charge < -0.3 is 5.73 Å². The van der Waals surface area contributed by atoms with Crippen molar-refractivity contribution in [1.82, 2.24) is 0 Å². The zero-order chi connectivity index (χ0) is 10.9. The van der Waals surface area contributed by atoms with E-state index in [-0.39, 0.29) is 0 Å². The van der Waals surface area contributed by atoms with E-state index in [1.807, 2.05) is 12.1 Å². The molecule has 0 atom stereocenters. The van der Waals surface area contributed by atoms with Crippen molar-refractivity contribution in [2.45, 2.75) is 0 Å². The van der Waals surface area contributed by atoms with Crippen LogP contribution in [0.1, 0.15) is 5.56 Å². The van der Waals surface area contributed by atoms with Crippen LogP contribution in [-0.2, 0) is 0 Å². The second-order valence-corrected chi connectivity index (χ2v) is 2.52. The van der Waals surface area contributed by atoms with Crippen LogP contribution in [-0.4, -0.2) is 0 Å². The highest BCUT2D eigenvalue weighted by atomic mass is 14.5. The molecule has 0 aliphatic heterocycles. The van der Waals surface area contributed by atoms with E-state index in [1.54, 1.807) is 12.1 Å². The Morgan fingerprint density at radius 2 is 1.47 bits per heavy atom. The first-order valence-electron chi connectivity index (χ1n) is 4.15. The van der Waals surface area contributed by atoms with Gasteiger partial charge >= 0.3 is 0 Å². The molecule has 1 aromatic rings. The zero-order valence-corrected chi connectivity index (χ0v) is 7.96. The van der Waals surface area contributed by atoms with Gasteiger partial charge in [0.25, 0.3) is 0 Å². The molecule has 68 valence electrons. The lowest BCUT2D eigenvalue weighted by Gasteiger charge is -1.90. The summed E-state index contributed by atoms with van der Waals surface area (Å²) in [5.74, 6) is 17.6. The van der Waals surface area contributed by atoms with Crippen LogP contribution in [0.25, 0.3) is 0 Å². The molecule has 1 heteroatoms. The van der Waals surface area contributed by atoms with Crippen molar-refractivity contribution in [1.29, 1.82) is 0 Å². The first-order valence-corrected chi connectivity index (χ1v) is 4.15. The van der Waals surface area contributed by atoms with Crippen LogP contribution in [0, 0.1) is 47.9 Å². The number of hydrogen-bond acceptors (Lipinski definition) is 1. The van der Waals surface area contributed by atoms with Gasteiger partial charge in [0.2, 0.25) is 0 Å². The molecular weight excluding hydrogens is 182 g/mol. The topological polar surface area (TPSA) is 26.0 Å². The fraction of sp³-hybridized carbons (Fsp3) is 0. The maximum absolute atomic E-state index is 5.52. The molecule has 0 saturated heterocycles. The van der Waals surface area contributed by atoms with E-state index in [0.717, 1.165) is 5.56 Å². The van der Waals surface area contributed by atoms with Gasteiger partial charge in [-0.05, 0) is 59.8 Å². The third-order valence-electron chi connectivity index (χ3n) is 1.44. The third kappa shape index (κ3) is 4.15. The molecule has 0 saturated carbocycles. The van der Waals surface area contributed by atoms with Gasteiger partial charge in [-0.15, -0.1) is 6.42 Å². The molecule has 0 fully saturated rings. The summed E-state index contributed by atoms with van der Waals surface area (Å²) in [6.07, 6.45) is 4.91. The van der Waals surface area contributed by atoms with E-state index in [2.05, 4.69) is 41.4 Å². The Labute approximate surface area is 89.7 Å². The Bertz CT molecular complexity index is 552. The fourth-order valence-corrected chi connectivity index (χ4v) is 0.800. The number of rotatable bonds is 0. The normalized spacial score (nSPS) is 6.60. The smallest absolute Gasteiger partial charge is 0.0314 e. The van der Waals surface area contributed by atoms with E-state index in [0.29, 0.717) is 5.69 Å². The average molecular weight is 189 g/mol. The summed E-state index contributed by atoms with van der Waals surface area (Å²) < 4.78 is 0. The number of nitrogens with two attached hydrogens (primary N) is 1. The van der Waals surface area contributed by atoms with Crippen LogP contribution in [0.2, 0.25) is 0 Å². The van der Waals surface area contributed by atoms with Gasteiger partial charge in [-0.25, -0.2) is 0 Å². The van der Waals surface area contributed by atoms with Crippen molar-refractivity contribution in [3.05, 3.63) is 29.8 Å². The Hall–Kier alpha value is -2.74. The van der Waals surface area contributed by atoms with Crippen LogP contribution in [0.3, 0.4) is 0 Å². The van der Waals surface area contributed by atoms with Crippen LogP contribution >= 0.6 is 0 Å². The molecule has 1 aromatic carbocycles. The van der Waals surface area contributed by atoms with Crippen LogP contribution < -0.4 is 5.73 Å². The molecular formula is C14H7N. The molecule has 0 bridgehead atoms. The molecule has 0 aromatic heterocycles. The molecule has 0 amide bonds. The summed E-state index contributed by atoms with van der Waals surface area (Å²) in [6.45, 7) is 0. The van der Waals surface area contributed by atoms with Crippen molar-refractivity contribution in [3.63, 3.8) is 0 Å². The predicted molar refractivity (Wildman–Crippen MR) is 62.1 cm³/mol. The van der Waals surface area contributed by atoms with Gasteiger partial charge in [-0.3, -0.25) is 0 Å². The summed E-state index contributed by atoms with van der Waals surface area (Å²) in [6, 6.07) is 7.24. The fourth-order valence-electron chi connectivity index (χ4n) is 0.800. The number of nitrogen functional groups attached to an aromatic ring is 1. The van der Waals surface area contributed by atoms with Gasteiger partial charge in [0, 0.05) is 11.3 Å². The molecule has 0 radical (unpaired) electrons. The summed E-state index contributed by atoms with van der Waals surface area (Å²) >= 11 is 0. The van der Waals surface area contributed by atoms with Crippen molar-refractivity contribution in [2.24, 2.45) is 0 Å². The minimum absolute atomic E-state index is 0.714. The quantitative estimate of drug-likeness (QED) is 0.482. The van der Waals surface area contributed by atoms with E-state index in [9.17, 15) is 0 Å². The maximum Gasteiger partial charge on any atom is 0.0314 e. The monoisotopic (exact) mass is 189 g/mol. The molecule has 0 spiro atoms. The summed E-state index contributed by atoms with van der Waals surface area (Å²) in [4.78, 5) is 0. The predicted octanol–water partition coefficient (Wildman–Crippen LogP) is 1.26. The van der Waals surface area contributed by atoms with E-state index in [4.69, 9.17) is 12.2 Å². The average Bonchev–Trinajstić information content (AvgIpc) is 2.26. The van der Waals surface area contributed by atoms with E-state index < -0.39 is 0 Å². The highest BCUT2D eigenvalue weighted by Crippen LogP contribution is 2.03. The Balaban J connectivity index is 2.70. The number of hydrogen-bond donors (Lipinski definition) is 1. The lowest BCUT2D eigenvalue weighted by atomic mass is 10.2.